The Bertz CT molecular complexity index is 457. The van der Waals surface area contributed by atoms with E-state index < -0.39 is 0 Å². The summed E-state index contributed by atoms with van der Waals surface area (Å²) >= 11 is 0. The average Bonchev–Trinajstić information content (AvgIpc) is 2.49. The van der Waals surface area contributed by atoms with Gasteiger partial charge in [-0.2, -0.15) is 0 Å². The number of hydrogen-bond acceptors (Lipinski definition) is 4. The number of hydrazine groups is 1. The minimum absolute atomic E-state index is 0.122. The van der Waals surface area contributed by atoms with Gasteiger partial charge >= 0.3 is 0 Å². The van der Waals surface area contributed by atoms with Crippen LogP contribution >= 0.6 is 0 Å². The van der Waals surface area contributed by atoms with Crippen LogP contribution in [0.1, 0.15) is 45.1 Å². The van der Waals surface area contributed by atoms with Crippen molar-refractivity contribution < 1.29 is 14.9 Å². The Balaban J connectivity index is 2.50. The molecule has 124 valence electrons. The van der Waals surface area contributed by atoms with Gasteiger partial charge in [-0.1, -0.05) is 30.3 Å². The van der Waals surface area contributed by atoms with Crippen LogP contribution in [-0.4, -0.2) is 40.9 Å². The molecule has 0 aliphatic heterocycles. The van der Waals surface area contributed by atoms with Crippen molar-refractivity contribution in [3.05, 3.63) is 41.1 Å². The fourth-order valence-electron chi connectivity index (χ4n) is 1.96. The summed E-state index contributed by atoms with van der Waals surface area (Å²) in [5, 5.41) is 25.9. The fourth-order valence-corrected chi connectivity index (χ4v) is 1.96. The second kappa shape index (κ2) is 8.58. The topological polar surface area (TPSA) is 71.1 Å². The fraction of sp³-hybridized carbons (Fsp3) is 0.625. The van der Waals surface area contributed by atoms with E-state index in [1.54, 1.807) is 7.05 Å². The van der Waals surface area contributed by atoms with Gasteiger partial charge in [0.05, 0.1) is 17.6 Å². The molecule has 0 amide bonds. The molecule has 1 atom stereocenters. The maximum atomic E-state index is 11.7. The molecule has 0 aromatic heterocycles. The molecule has 0 bridgehead atoms. The van der Waals surface area contributed by atoms with Crippen LogP contribution in [0, 0.1) is 5.21 Å². The van der Waals surface area contributed by atoms with Crippen LogP contribution in [0.25, 0.3) is 0 Å². The van der Waals surface area contributed by atoms with Crippen molar-refractivity contribution in [2.24, 2.45) is 5.28 Å². The third kappa shape index (κ3) is 5.89. The van der Waals surface area contributed by atoms with Crippen LogP contribution in [0.5, 0.6) is 0 Å². The van der Waals surface area contributed by atoms with E-state index in [1.165, 1.54) is 5.01 Å². The highest BCUT2D eigenvalue weighted by atomic mass is 16.7. The molecule has 6 heteroatoms. The summed E-state index contributed by atoms with van der Waals surface area (Å²) in [7, 11) is 1.67. The smallest absolute Gasteiger partial charge is 0.233 e. The van der Waals surface area contributed by atoms with Crippen molar-refractivity contribution in [1.29, 1.82) is 0 Å². The standard InChI is InChI=1S/C16H27N3O3/c1-16(2,3)18(4)19(21)17-22-13-11-15(10-12-20)14-8-6-5-7-9-14/h5-9,15,20H,10-13H2,1-4H3/b19-17-. The summed E-state index contributed by atoms with van der Waals surface area (Å²) in [5.74, 6) is 0.196. The Morgan fingerprint density at radius 3 is 2.45 bits per heavy atom. The Kier molecular flexibility index (Phi) is 7.11. The minimum atomic E-state index is -0.321. The summed E-state index contributed by atoms with van der Waals surface area (Å²) < 4.78 is 0. The molecule has 22 heavy (non-hydrogen) atoms. The molecule has 0 saturated heterocycles. The Labute approximate surface area is 132 Å². The van der Waals surface area contributed by atoms with Crippen LogP contribution in [0.3, 0.4) is 0 Å². The van der Waals surface area contributed by atoms with Crippen LogP contribution in [0.2, 0.25) is 0 Å². The van der Waals surface area contributed by atoms with Crippen LogP contribution < -0.4 is 0 Å². The van der Waals surface area contributed by atoms with Crippen LogP contribution in [-0.2, 0) is 4.84 Å². The number of benzene rings is 1. The van der Waals surface area contributed by atoms with Gasteiger partial charge in [0.2, 0.25) is 5.28 Å². The van der Waals surface area contributed by atoms with Gasteiger partial charge in [0.1, 0.15) is 6.61 Å². The molecule has 1 unspecified atom stereocenters. The van der Waals surface area contributed by atoms with Gasteiger partial charge < -0.3 is 15.2 Å². The number of hydrogen-bond donors (Lipinski definition) is 1. The first-order valence-electron chi connectivity index (χ1n) is 7.56. The lowest BCUT2D eigenvalue weighted by Gasteiger charge is -2.26. The average molecular weight is 309 g/mol. The Hall–Kier alpha value is -1.82. The van der Waals surface area contributed by atoms with Gasteiger partial charge in [0.25, 0.3) is 0 Å². The molecule has 0 aliphatic rings. The summed E-state index contributed by atoms with van der Waals surface area (Å²) in [4.78, 5) is 5.59. The van der Waals surface area contributed by atoms with E-state index in [-0.39, 0.29) is 18.1 Å². The zero-order valence-corrected chi connectivity index (χ0v) is 13.9. The highest BCUT2D eigenvalue weighted by molar-refractivity contribution is 5.19. The van der Waals surface area contributed by atoms with E-state index in [1.807, 2.05) is 51.1 Å². The predicted molar refractivity (Wildman–Crippen MR) is 85.0 cm³/mol. The highest BCUT2D eigenvalue weighted by Crippen LogP contribution is 2.23. The maximum absolute atomic E-state index is 11.7. The number of aliphatic hydroxyl groups excluding tert-OH is 1. The molecule has 0 radical (unpaired) electrons. The Morgan fingerprint density at radius 1 is 1.27 bits per heavy atom. The van der Waals surface area contributed by atoms with E-state index in [0.29, 0.717) is 24.4 Å². The van der Waals surface area contributed by atoms with Gasteiger partial charge in [-0.3, -0.25) is 0 Å². The molecule has 1 aromatic carbocycles. The lowest BCUT2D eigenvalue weighted by molar-refractivity contribution is -0.719. The normalized spacial score (nSPS) is 13.8. The third-order valence-corrected chi connectivity index (χ3v) is 3.66. The van der Waals surface area contributed by atoms with Gasteiger partial charge in [-0.05, 0) is 45.1 Å². The lowest BCUT2D eigenvalue weighted by atomic mass is 9.93. The molecule has 6 nitrogen and oxygen atoms in total. The van der Waals surface area contributed by atoms with Gasteiger partial charge in [-0.15, -0.1) is 5.01 Å². The first-order valence-corrected chi connectivity index (χ1v) is 7.56. The molecular formula is C16H27N3O3. The SMILES string of the molecule is CN(/[N+]([O-])=N/OCCC(CCO)c1ccccc1)C(C)(C)C. The van der Waals surface area contributed by atoms with E-state index >= 15 is 0 Å². The molecule has 0 aliphatic carbocycles. The second-order valence-electron chi connectivity index (χ2n) is 6.27. The molecule has 1 N–H and O–H groups in total. The van der Waals surface area contributed by atoms with Crippen molar-refractivity contribution in [3.63, 3.8) is 0 Å². The summed E-state index contributed by atoms with van der Waals surface area (Å²) in [6.45, 7) is 6.20. The van der Waals surface area contributed by atoms with Crippen molar-refractivity contribution >= 4 is 0 Å². The van der Waals surface area contributed by atoms with Crippen molar-refractivity contribution in [2.45, 2.75) is 45.1 Å². The number of nitrogens with zero attached hydrogens (tertiary/aromatic N) is 3. The number of rotatable bonds is 8. The summed E-state index contributed by atoms with van der Waals surface area (Å²) in [5.41, 5.74) is 0.837. The zero-order valence-electron chi connectivity index (χ0n) is 13.9. The van der Waals surface area contributed by atoms with Crippen molar-refractivity contribution in [2.75, 3.05) is 20.3 Å². The molecule has 1 rings (SSSR count). The molecule has 1 aromatic rings. The van der Waals surface area contributed by atoms with E-state index in [2.05, 4.69) is 5.28 Å². The minimum Gasteiger partial charge on any atom is -0.569 e. The number of aliphatic hydroxyl groups is 1. The van der Waals surface area contributed by atoms with Gasteiger partial charge in [0, 0.05) is 6.61 Å². The van der Waals surface area contributed by atoms with Crippen molar-refractivity contribution in [1.82, 2.24) is 5.01 Å². The molecule has 0 spiro atoms. The van der Waals surface area contributed by atoms with E-state index in [9.17, 15) is 10.3 Å². The largest absolute Gasteiger partial charge is 0.569 e. The Morgan fingerprint density at radius 2 is 1.91 bits per heavy atom. The monoisotopic (exact) mass is 309 g/mol. The quantitative estimate of drug-likeness (QED) is 0.347. The molecule has 0 saturated carbocycles. The molecule has 0 heterocycles. The summed E-state index contributed by atoms with van der Waals surface area (Å²) in [6, 6.07) is 9.98. The zero-order chi connectivity index (χ0) is 16.6. The summed E-state index contributed by atoms with van der Waals surface area (Å²) in [6.07, 6.45) is 1.36. The predicted octanol–water partition coefficient (Wildman–Crippen LogP) is 3.08. The second-order valence-corrected chi connectivity index (χ2v) is 6.27. The maximum Gasteiger partial charge on any atom is 0.233 e. The first kappa shape index (κ1) is 18.2. The van der Waals surface area contributed by atoms with E-state index in [0.717, 1.165) is 5.56 Å². The molecular weight excluding hydrogens is 282 g/mol. The van der Waals surface area contributed by atoms with E-state index in [4.69, 9.17) is 4.84 Å². The van der Waals surface area contributed by atoms with Gasteiger partial charge in [0.15, 0.2) is 0 Å². The third-order valence-electron chi connectivity index (χ3n) is 3.66. The first-order chi connectivity index (χ1) is 10.4. The van der Waals surface area contributed by atoms with Crippen molar-refractivity contribution in [3.8, 4) is 0 Å². The van der Waals surface area contributed by atoms with Gasteiger partial charge in [-0.25, -0.2) is 0 Å². The highest BCUT2D eigenvalue weighted by Gasteiger charge is 2.24. The van der Waals surface area contributed by atoms with Crippen LogP contribution in [0.4, 0.5) is 0 Å². The lowest BCUT2D eigenvalue weighted by Crippen LogP contribution is -2.42. The molecule has 0 fully saturated rings. The van der Waals surface area contributed by atoms with Crippen LogP contribution in [0.15, 0.2) is 35.6 Å².